The summed E-state index contributed by atoms with van der Waals surface area (Å²) in [6, 6.07) is 11.8. The van der Waals surface area contributed by atoms with Crippen LogP contribution in [0.1, 0.15) is 16.7 Å². The maximum atomic E-state index is 9.71. The molecule has 3 heteroatoms. The monoisotopic (exact) mass is 351 g/mol. The van der Waals surface area contributed by atoms with E-state index < -0.39 is 0 Å². The highest BCUT2D eigenvalue weighted by molar-refractivity contribution is 14.1. The number of rotatable bonds is 2. The Morgan fingerprint density at radius 3 is 2.33 bits per heavy atom. The Bertz CT molecular complexity index is 582. The number of benzene rings is 2. The lowest BCUT2D eigenvalue weighted by Crippen LogP contribution is -1.87. The molecule has 0 bridgehead atoms. The van der Waals surface area contributed by atoms with E-state index in [-0.39, 0.29) is 0 Å². The quantitative estimate of drug-likeness (QED) is 0.633. The van der Waals surface area contributed by atoms with Gasteiger partial charge in [0.25, 0.3) is 0 Å². The number of aromatic hydroxyl groups is 1. The average Bonchev–Trinajstić information content (AvgIpc) is 2.35. The van der Waals surface area contributed by atoms with Crippen LogP contribution in [0.4, 0.5) is 5.69 Å². The zero-order chi connectivity index (χ0) is 13.1. The van der Waals surface area contributed by atoms with Crippen molar-refractivity contribution in [1.29, 1.82) is 0 Å². The van der Waals surface area contributed by atoms with Crippen molar-refractivity contribution in [1.82, 2.24) is 0 Å². The molecule has 0 saturated heterocycles. The molecule has 1 N–H and O–H groups in total. The fourth-order valence-electron chi connectivity index (χ4n) is 1.76. The summed E-state index contributed by atoms with van der Waals surface area (Å²) in [5.74, 6) is 0.362. The maximum Gasteiger partial charge on any atom is 0.121 e. The molecule has 2 nitrogen and oxygen atoms in total. The molecule has 0 aliphatic rings. The van der Waals surface area contributed by atoms with Crippen LogP contribution in [0.15, 0.2) is 41.4 Å². The van der Waals surface area contributed by atoms with Gasteiger partial charge in [-0.05, 0) is 77.4 Å². The highest BCUT2D eigenvalue weighted by Gasteiger charge is 2.02. The zero-order valence-electron chi connectivity index (χ0n) is 10.3. The number of para-hydroxylation sites is 1. The van der Waals surface area contributed by atoms with Crippen LogP contribution < -0.4 is 0 Å². The molecule has 2 aromatic carbocycles. The summed E-state index contributed by atoms with van der Waals surface area (Å²) in [6.07, 6.45) is 1.83. The third-order valence-corrected chi connectivity index (χ3v) is 3.63. The molecular formula is C15H14INO. The predicted octanol–water partition coefficient (Wildman–Crippen LogP) is 4.36. The minimum atomic E-state index is 0.362. The number of halogens is 1. The molecule has 0 fully saturated rings. The van der Waals surface area contributed by atoms with Crippen molar-refractivity contribution in [2.75, 3.05) is 0 Å². The first-order valence-electron chi connectivity index (χ1n) is 5.67. The summed E-state index contributed by atoms with van der Waals surface area (Å²) in [4.78, 5) is 4.47. The van der Waals surface area contributed by atoms with Gasteiger partial charge in [0.05, 0.1) is 5.69 Å². The molecule has 0 aromatic heterocycles. The topological polar surface area (TPSA) is 32.6 Å². The summed E-state index contributed by atoms with van der Waals surface area (Å²) in [7, 11) is 0. The van der Waals surface area contributed by atoms with Crippen molar-refractivity contribution in [3.05, 3.63) is 56.7 Å². The molecular weight excluding hydrogens is 337 g/mol. The van der Waals surface area contributed by atoms with E-state index in [0.717, 1.165) is 25.9 Å². The molecule has 0 radical (unpaired) electrons. The third kappa shape index (κ3) is 2.90. The fraction of sp³-hybridized carbons (Fsp3) is 0.133. The van der Waals surface area contributed by atoms with Gasteiger partial charge in [-0.1, -0.05) is 12.1 Å². The minimum Gasteiger partial charge on any atom is -0.507 e. The van der Waals surface area contributed by atoms with Crippen molar-refractivity contribution in [3.63, 3.8) is 0 Å². The molecule has 2 rings (SSSR count). The van der Waals surface area contributed by atoms with Crippen LogP contribution in [0.25, 0.3) is 0 Å². The Kier molecular flexibility index (Phi) is 4.01. The molecule has 0 amide bonds. The van der Waals surface area contributed by atoms with Crippen molar-refractivity contribution in [2.45, 2.75) is 13.8 Å². The Morgan fingerprint density at radius 1 is 1.11 bits per heavy atom. The molecule has 0 saturated carbocycles. The lowest BCUT2D eigenvalue weighted by atomic mass is 10.1. The van der Waals surface area contributed by atoms with E-state index in [1.165, 1.54) is 0 Å². The highest BCUT2D eigenvalue weighted by atomic mass is 127. The van der Waals surface area contributed by atoms with Crippen LogP contribution in [0.3, 0.4) is 0 Å². The molecule has 2 aromatic rings. The standard InChI is InChI=1S/C15H14INO/c1-10-7-12(8-11(2)15(10)18)9-17-14-6-4-3-5-13(14)16/h3-9,18H,1-2H3. The Balaban J connectivity index is 2.33. The van der Waals surface area contributed by atoms with Crippen molar-refractivity contribution in [3.8, 4) is 5.75 Å². The van der Waals surface area contributed by atoms with Crippen LogP contribution in [0.5, 0.6) is 5.75 Å². The number of phenols is 1. The van der Waals surface area contributed by atoms with Gasteiger partial charge in [-0.15, -0.1) is 0 Å². The van der Waals surface area contributed by atoms with Crippen LogP contribution in [-0.2, 0) is 0 Å². The van der Waals surface area contributed by atoms with E-state index >= 15 is 0 Å². The van der Waals surface area contributed by atoms with E-state index in [2.05, 4.69) is 27.6 Å². The first-order chi connectivity index (χ1) is 8.58. The number of phenolic OH excluding ortho intramolecular Hbond substituents is 1. The van der Waals surface area contributed by atoms with Gasteiger partial charge in [0.15, 0.2) is 0 Å². The second-order valence-corrected chi connectivity index (χ2v) is 5.38. The third-order valence-electron chi connectivity index (χ3n) is 2.72. The van der Waals surface area contributed by atoms with Gasteiger partial charge in [-0.25, -0.2) is 0 Å². The highest BCUT2D eigenvalue weighted by Crippen LogP contribution is 2.23. The minimum absolute atomic E-state index is 0.362. The average molecular weight is 351 g/mol. The summed E-state index contributed by atoms with van der Waals surface area (Å²) >= 11 is 2.27. The van der Waals surface area contributed by atoms with Gasteiger partial charge in [0, 0.05) is 9.78 Å². The Labute approximate surface area is 121 Å². The number of aryl methyl sites for hydroxylation is 2. The summed E-state index contributed by atoms with van der Waals surface area (Å²) in [5.41, 5.74) is 3.71. The largest absolute Gasteiger partial charge is 0.507 e. The van der Waals surface area contributed by atoms with Crippen LogP contribution in [0.2, 0.25) is 0 Å². The summed E-state index contributed by atoms with van der Waals surface area (Å²) < 4.78 is 1.12. The molecule has 0 spiro atoms. The van der Waals surface area contributed by atoms with Crippen LogP contribution in [-0.4, -0.2) is 11.3 Å². The molecule has 0 aliphatic carbocycles. The second-order valence-electron chi connectivity index (χ2n) is 4.21. The first kappa shape index (κ1) is 13.1. The normalized spacial score (nSPS) is 11.1. The molecule has 92 valence electrons. The van der Waals surface area contributed by atoms with Gasteiger partial charge in [0.2, 0.25) is 0 Å². The summed E-state index contributed by atoms with van der Waals surface area (Å²) in [5, 5.41) is 9.71. The van der Waals surface area contributed by atoms with E-state index in [0.29, 0.717) is 5.75 Å². The smallest absolute Gasteiger partial charge is 0.121 e. The molecule has 0 aliphatic heterocycles. The number of aliphatic imine (C=N–C) groups is 1. The Morgan fingerprint density at radius 2 is 1.72 bits per heavy atom. The van der Waals surface area contributed by atoms with Crippen molar-refractivity contribution < 1.29 is 5.11 Å². The lowest BCUT2D eigenvalue weighted by molar-refractivity contribution is 0.467. The summed E-state index contributed by atoms with van der Waals surface area (Å²) in [6.45, 7) is 3.79. The number of hydrogen-bond acceptors (Lipinski definition) is 2. The molecule has 18 heavy (non-hydrogen) atoms. The lowest BCUT2D eigenvalue weighted by Gasteiger charge is -2.04. The van der Waals surface area contributed by atoms with Gasteiger partial charge in [0.1, 0.15) is 5.75 Å². The van der Waals surface area contributed by atoms with Crippen LogP contribution >= 0.6 is 22.6 Å². The predicted molar refractivity (Wildman–Crippen MR) is 84.0 cm³/mol. The van der Waals surface area contributed by atoms with Crippen molar-refractivity contribution in [2.24, 2.45) is 4.99 Å². The van der Waals surface area contributed by atoms with Crippen LogP contribution in [0, 0.1) is 17.4 Å². The first-order valence-corrected chi connectivity index (χ1v) is 6.74. The molecule has 0 heterocycles. The van der Waals surface area contributed by atoms with E-state index in [4.69, 9.17) is 0 Å². The van der Waals surface area contributed by atoms with E-state index in [1.54, 1.807) is 0 Å². The number of nitrogens with zero attached hydrogens (tertiary/aromatic N) is 1. The van der Waals surface area contributed by atoms with E-state index in [1.807, 2.05) is 56.5 Å². The molecule has 0 unspecified atom stereocenters. The van der Waals surface area contributed by atoms with Gasteiger partial charge < -0.3 is 5.11 Å². The fourth-order valence-corrected chi connectivity index (χ4v) is 2.29. The van der Waals surface area contributed by atoms with Crippen molar-refractivity contribution >= 4 is 34.5 Å². The number of hydrogen-bond donors (Lipinski definition) is 1. The molecule has 0 atom stereocenters. The van der Waals surface area contributed by atoms with Gasteiger partial charge >= 0.3 is 0 Å². The maximum absolute atomic E-state index is 9.71. The Hall–Kier alpha value is -1.36. The zero-order valence-corrected chi connectivity index (χ0v) is 12.5. The van der Waals surface area contributed by atoms with Gasteiger partial charge in [-0.2, -0.15) is 0 Å². The SMILES string of the molecule is Cc1cc(C=Nc2ccccc2I)cc(C)c1O. The van der Waals surface area contributed by atoms with Gasteiger partial charge in [-0.3, -0.25) is 4.99 Å². The second kappa shape index (κ2) is 5.52. The van der Waals surface area contributed by atoms with E-state index in [9.17, 15) is 5.11 Å².